The van der Waals surface area contributed by atoms with Crippen LogP contribution in [-0.2, 0) is 11.3 Å². The summed E-state index contributed by atoms with van der Waals surface area (Å²) >= 11 is 3.27. The molecule has 2 aromatic rings. The van der Waals surface area contributed by atoms with Gasteiger partial charge in [0.2, 0.25) is 5.91 Å². The van der Waals surface area contributed by atoms with Gasteiger partial charge in [-0.3, -0.25) is 4.79 Å². The van der Waals surface area contributed by atoms with Crippen molar-refractivity contribution in [2.45, 2.75) is 44.6 Å². The fourth-order valence-electron chi connectivity index (χ4n) is 2.76. The first kappa shape index (κ1) is 15.4. The summed E-state index contributed by atoms with van der Waals surface area (Å²) in [6.07, 6.45) is 9.96. The van der Waals surface area contributed by atoms with Crippen molar-refractivity contribution >= 4 is 34.7 Å². The minimum atomic E-state index is -0.0668. The van der Waals surface area contributed by atoms with Crippen molar-refractivity contribution in [1.29, 1.82) is 0 Å². The van der Waals surface area contributed by atoms with Gasteiger partial charge in [-0.2, -0.15) is 0 Å². The van der Waals surface area contributed by atoms with Crippen LogP contribution in [0, 0.1) is 0 Å². The average Bonchev–Trinajstić information content (AvgIpc) is 3.23. The number of rotatable bonds is 5. The molecule has 0 aliphatic heterocycles. The van der Waals surface area contributed by atoms with Crippen molar-refractivity contribution in [2.75, 3.05) is 0 Å². The summed E-state index contributed by atoms with van der Waals surface area (Å²) in [7, 11) is 0. The molecule has 5 heteroatoms. The number of hydrogen-bond acceptors (Lipinski definition) is 4. The molecule has 0 atom stereocenters. The van der Waals surface area contributed by atoms with Crippen molar-refractivity contribution in [3.63, 3.8) is 0 Å². The van der Waals surface area contributed by atoms with E-state index >= 15 is 0 Å². The summed E-state index contributed by atoms with van der Waals surface area (Å²) in [4.78, 5) is 17.6. The average molecular weight is 332 g/mol. The molecule has 116 valence electrons. The van der Waals surface area contributed by atoms with E-state index in [1.165, 1.54) is 37.8 Å². The number of nitrogens with zero attached hydrogens (tertiary/aromatic N) is 1. The summed E-state index contributed by atoms with van der Waals surface area (Å²) < 4.78 is 0. The van der Waals surface area contributed by atoms with Gasteiger partial charge >= 0.3 is 0 Å². The van der Waals surface area contributed by atoms with Gasteiger partial charge in [-0.25, -0.2) is 4.98 Å². The summed E-state index contributed by atoms with van der Waals surface area (Å²) in [5.74, 6) is 0.566. The molecule has 1 aliphatic rings. The predicted octanol–water partition coefficient (Wildman–Crippen LogP) is 4.58. The Morgan fingerprint density at radius 2 is 2.18 bits per heavy atom. The minimum absolute atomic E-state index is 0.0668. The van der Waals surface area contributed by atoms with Crippen molar-refractivity contribution in [1.82, 2.24) is 10.3 Å². The van der Waals surface area contributed by atoms with Crippen molar-refractivity contribution in [2.24, 2.45) is 0 Å². The van der Waals surface area contributed by atoms with E-state index in [1.807, 2.05) is 23.6 Å². The Morgan fingerprint density at radius 3 is 2.95 bits per heavy atom. The molecular formula is C17H20N2OS2. The normalized spacial score (nSPS) is 16.2. The molecule has 3 rings (SSSR count). The molecule has 1 N–H and O–H groups in total. The standard InChI is InChI=1S/C17H20N2OS2/c20-16(9-8-14-7-4-10-21-14)18-11-17-19-15(12-22-17)13-5-2-1-3-6-13/h4,7-10,12-13H,1-3,5-6,11H2,(H,18,20). The molecule has 2 aromatic heterocycles. The Labute approximate surface area is 139 Å². The first-order valence-electron chi connectivity index (χ1n) is 7.75. The third-order valence-electron chi connectivity index (χ3n) is 3.95. The molecule has 22 heavy (non-hydrogen) atoms. The van der Waals surface area contributed by atoms with Gasteiger partial charge in [-0.1, -0.05) is 25.3 Å². The highest BCUT2D eigenvalue weighted by atomic mass is 32.1. The first-order valence-corrected chi connectivity index (χ1v) is 9.51. The van der Waals surface area contributed by atoms with Crippen LogP contribution in [0.1, 0.15) is 53.6 Å². The lowest BCUT2D eigenvalue weighted by Gasteiger charge is -2.19. The lowest BCUT2D eigenvalue weighted by Crippen LogP contribution is -2.20. The molecule has 1 aliphatic carbocycles. The first-order chi connectivity index (χ1) is 10.8. The fourth-order valence-corrected chi connectivity index (χ4v) is 4.19. The quantitative estimate of drug-likeness (QED) is 0.814. The highest BCUT2D eigenvalue weighted by Crippen LogP contribution is 2.32. The van der Waals surface area contributed by atoms with Gasteiger partial charge in [-0.05, 0) is 30.4 Å². The van der Waals surface area contributed by atoms with Gasteiger partial charge in [-0.15, -0.1) is 22.7 Å². The van der Waals surface area contributed by atoms with Crippen LogP contribution < -0.4 is 5.32 Å². The fraction of sp³-hybridized carbons (Fsp3) is 0.412. The zero-order valence-electron chi connectivity index (χ0n) is 12.5. The van der Waals surface area contributed by atoms with E-state index in [0.717, 1.165) is 9.88 Å². The van der Waals surface area contributed by atoms with Crippen LogP contribution in [0.3, 0.4) is 0 Å². The van der Waals surface area contributed by atoms with Crippen LogP contribution >= 0.6 is 22.7 Å². The van der Waals surface area contributed by atoms with E-state index in [9.17, 15) is 4.79 Å². The van der Waals surface area contributed by atoms with Gasteiger partial charge in [0.05, 0.1) is 12.2 Å². The summed E-state index contributed by atoms with van der Waals surface area (Å²) in [5, 5.41) is 8.07. The van der Waals surface area contributed by atoms with Gasteiger partial charge < -0.3 is 5.32 Å². The van der Waals surface area contributed by atoms with Crippen LogP contribution in [-0.4, -0.2) is 10.9 Å². The summed E-state index contributed by atoms with van der Waals surface area (Å²) in [6, 6.07) is 3.97. The second kappa shape index (κ2) is 7.70. The Hall–Kier alpha value is -1.46. The molecule has 0 saturated heterocycles. The third-order valence-corrected chi connectivity index (χ3v) is 5.65. The molecule has 1 amide bonds. The van der Waals surface area contributed by atoms with Crippen LogP contribution in [0.4, 0.5) is 0 Å². The molecule has 0 radical (unpaired) electrons. The van der Waals surface area contributed by atoms with Crippen molar-refractivity contribution in [3.05, 3.63) is 44.5 Å². The molecule has 0 aromatic carbocycles. The van der Waals surface area contributed by atoms with Crippen LogP contribution in [0.25, 0.3) is 6.08 Å². The number of thiazole rings is 1. The van der Waals surface area contributed by atoms with E-state index in [0.29, 0.717) is 12.5 Å². The molecule has 3 nitrogen and oxygen atoms in total. The minimum Gasteiger partial charge on any atom is -0.346 e. The SMILES string of the molecule is O=C(C=Cc1cccs1)NCc1nc(C2CCCCC2)cs1. The highest BCUT2D eigenvalue weighted by molar-refractivity contribution is 7.10. The largest absolute Gasteiger partial charge is 0.346 e. The van der Waals surface area contributed by atoms with E-state index in [4.69, 9.17) is 4.98 Å². The molecule has 1 saturated carbocycles. The zero-order valence-corrected chi connectivity index (χ0v) is 14.1. The number of hydrogen-bond donors (Lipinski definition) is 1. The van der Waals surface area contributed by atoms with E-state index in [-0.39, 0.29) is 5.91 Å². The zero-order chi connectivity index (χ0) is 15.2. The number of nitrogens with one attached hydrogen (secondary N) is 1. The van der Waals surface area contributed by atoms with Gasteiger partial charge in [0, 0.05) is 22.3 Å². The van der Waals surface area contributed by atoms with E-state index in [1.54, 1.807) is 28.7 Å². The molecule has 0 unspecified atom stereocenters. The Kier molecular flexibility index (Phi) is 5.40. The topological polar surface area (TPSA) is 42.0 Å². The molecule has 0 spiro atoms. The molecular weight excluding hydrogens is 312 g/mol. The van der Waals surface area contributed by atoms with E-state index < -0.39 is 0 Å². The maximum atomic E-state index is 11.8. The number of carbonyl (C=O) groups is 1. The number of aromatic nitrogens is 1. The second-order valence-corrected chi connectivity index (χ2v) is 7.49. The summed E-state index contributed by atoms with van der Waals surface area (Å²) in [6.45, 7) is 0.519. The maximum absolute atomic E-state index is 11.8. The van der Waals surface area contributed by atoms with Gasteiger partial charge in [0.15, 0.2) is 0 Å². The predicted molar refractivity (Wildman–Crippen MR) is 93.1 cm³/mol. The smallest absolute Gasteiger partial charge is 0.244 e. The summed E-state index contributed by atoms with van der Waals surface area (Å²) in [5.41, 5.74) is 1.23. The van der Waals surface area contributed by atoms with E-state index in [2.05, 4.69) is 10.7 Å². The van der Waals surface area contributed by atoms with Crippen LogP contribution in [0.5, 0.6) is 0 Å². The number of carbonyl (C=O) groups excluding carboxylic acids is 1. The molecule has 0 bridgehead atoms. The van der Waals surface area contributed by atoms with Gasteiger partial charge in [0.1, 0.15) is 5.01 Å². The third kappa shape index (κ3) is 4.27. The van der Waals surface area contributed by atoms with Crippen LogP contribution in [0.15, 0.2) is 29.0 Å². The maximum Gasteiger partial charge on any atom is 0.244 e. The molecule has 1 fully saturated rings. The number of thiophene rings is 1. The molecule has 2 heterocycles. The second-order valence-electron chi connectivity index (χ2n) is 5.57. The van der Waals surface area contributed by atoms with Crippen LogP contribution in [0.2, 0.25) is 0 Å². The lowest BCUT2D eigenvalue weighted by atomic mass is 9.87. The Morgan fingerprint density at radius 1 is 1.32 bits per heavy atom. The van der Waals surface area contributed by atoms with Gasteiger partial charge in [0.25, 0.3) is 0 Å². The van der Waals surface area contributed by atoms with Crippen molar-refractivity contribution < 1.29 is 4.79 Å². The number of amides is 1. The Balaban J connectivity index is 1.49. The Bertz CT molecular complexity index is 625. The van der Waals surface area contributed by atoms with Crippen molar-refractivity contribution in [3.8, 4) is 0 Å². The highest BCUT2D eigenvalue weighted by Gasteiger charge is 2.18. The lowest BCUT2D eigenvalue weighted by molar-refractivity contribution is -0.116. The monoisotopic (exact) mass is 332 g/mol.